The van der Waals surface area contributed by atoms with E-state index in [0.717, 1.165) is 51.7 Å². The molecule has 0 radical (unpaired) electrons. The fourth-order valence-electron chi connectivity index (χ4n) is 2.71. The van der Waals surface area contributed by atoms with E-state index in [-0.39, 0.29) is 6.42 Å². The largest absolute Gasteiger partial charge is 0.453 e. The lowest BCUT2D eigenvalue weighted by Crippen LogP contribution is -2.36. The van der Waals surface area contributed by atoms with Gasteiger partial charge < -0.3 is 4.74 Å². The summed E-state index contributed by atoms with van der Waals surface area (Å²) in [7, 11) is 0. The molecule has 0 aliphatic rings. The topological polar surface area (TPSA) is 9.23 Å². The van der Waals surface area contributed by atoms with Crippen LogP contribution in [0.15, 0.2) is 0 Å². The third-order valence-corrected chi connectivity index (χ3v) is 4.29. The van der Waals surface area contributed by atoms with Crippen molar-refractivity contribution in [2.75, 3.05) is 13.2 Å². The van der Waals surface area contributed by atoms with Gasteiger partial charge in [0, 0.05) is 19.6 Å². The van der Waals surface area contributed by atoms with Crippen molar-refractivity contribution in [3.8, 4) is 0 Å². The Morgan fingerprint density at radius 3 is 1.36 bits per heavy atom. The molecule has 152 valence electrons. The Bertz CT molecular complexity index is 292. The van der Waals surface area contributed by atoms with Crippen LogP contribution in [0.4, 0.5) is 22.0 Å². The highest BCUT2D eigenvalue weighted by molar-refractivity contribution is 4.75. The molecule has 0 rings (SSSR count). The van der Waals surface area contributed by atoms with Crippen LogP contribution in [-0.4, -0.2) is 25.3 Å². The van der Waals surface area contributed by atoms with E-state index in [4.69, 9.17) is 4.74 Å². The van der Waals surface area contributed by atoms with Crippen molar-refractivity contribution < 1.29 is 26.7 Å². The van der Waals surface area contributed by atoms with Gasteiger partial charge >= 0.3 is 12.1 Å². The maximum absolute atomic E-state index is 12.7. The highest BCUT2D eigenvalue weighted by Gasteiger charge is 2.56. The predicted octanol–water partition coefficient (Wildman–Crippen LogP) is 7.68. The summed E-state index contributed by atoms with van der Waals surface area (Å²) < 4.78 is 66.7. The molecule has 0 aromatic heterocycles. The Morgan fingerprint density at radius 1 is 0.560 bits per heavy atom. The Kier molecular flexibility index (Phi) is 14.5. The van der Waals surface area contributed by atoms with E-state index >= 15 is 0 Å². The van der Waals surface area contributed by atoms with Gasteiger partial charge in [-0.1, -0.05) is 71.1 Å². The number of rotatable bonds is 17. The smallest absolute Gasteiger partial charge is 0.381 e. The average Bonchev–Trinajstić information content (AvgIpc) is 2.53. The van der Waals surface area contributed by atoms with E-state index in [2.05, 4.69) is 6.92 Å². The number of hydrogen-bond donors (Lipinski definition) is 0. The van der Waals surface area contributed by atoms with Crippen LogP contribution in [0, 0.1) is 0 Å². The van der Waals surface area contributed by atoms with Gasteiger partial charge in [-0.05, 0) is 19.3 Å². The van der Waals surface area contributed by atoms with Crippen LogP contribution in [0.25, 0.3) is 0 Å². The van der Waals surface area contributed by atoms with E-state index in [0.29, 0.717) is 6.42 Å². The van der Waals surface area contributed by atoms with E-state index in [9.17, 15) is 22.0 Å². The first kappa shape index (κ1) is 24.6. The normalized spacial score (nSPS) is 12.7. The van der Waals surface area contributed by atoms with Crippen LogP contribution in [0.1, 0.15) is 96.8 Å². The lowest BCUT2D eigenvalue weighted by atomic mass is 10.0. The number of halogens is 5. The molecular formula is C19H35F5O. The summed E-state index contributed by atoms with van der Waals surface area (Å²) >= 11 is 0. The molecule has 0 amide bonds. The highest BCUT2D eigenvalue weighted by Crippen LogP contribution is 2.39. The van der Waals surface area contributed by atoms with Gasteiger partial charge in [0.05, 0.1) is 0 Å². The van der Waals surface area contributed by atoms with E-state index < -0.39 is 18.5 Å². The minimum atomic E-state index is -5.41. The molecular weight excluding hydrogens is 339 g/mol. The van der Waals surface area contributed by atoms with Gasteiger partial charge in [0.25, 0.3) is 0 Å². The van der Waals surface area contributed by atoms with Crippen LogP contribution in [0.5, 0.6) is 0 Å². The van der Waals surface area contributed by atoms with Crippen LogP contribution in [-0.2, 0) is 4.74 Å². The predicted molar refractivity (Wildman–Crippen MR) is 92.1 cm³/mol. The zero-order chi connectivity index (χ0) is 19.0. The van der Waals surface area contributed by atoms with Gasteiger partial charge in [0.1, 0.15) is 0 Å². The van der Waals surface area contributed by atoms with Gasteiger partial charge in [0.2, 0.25) is 0 Å². The lowest BCUT2D eigenvalue weighted by Gasteiger charge is -2.19. The Balaban J connectivity index is 3.22. The van der Waals surface area contributed by atoms with Crippen molar-refractivity contribution in [2.24, 2.45) is 0 Å². The van der Waals surface area contributed by atoms with Crippen molar-refractivity contribution in [3.05, 3.63) is 0 Å². The molecule has 0 aromatic carbocycles. The Morgan fingerprint density at radius 2 is 0.960 bits per heavy atom. The zero-order valence-corrected chi connectivity index (χ0v) is 15.6. The first-order valence-electron chi connectivity index (χ1n) is 9.83. The minimum Gasteiger partial charge on any atom is -0.381 e. The van der Waals surface area contributed by atoms with Crippen molar-refractivity contribution in [1.29, 1.82) is 0 Å². The molecule has 0 aromatic rings. The minimum absolute atomic E-state index is 0.0610. The molecule has 0 unspecified atom stereocenters. The van der Waals surface area contributed by atoms with Crippen LogP contribution in [0.2, 0.25) is 0 Å². The van der Waals surface area contributed by atoms with Gasteiger partial charge in [-0.3, -0.25) is 0 Å². The zero-order valence-electron chi connectivity index (χ0n) is 15.6. The standard InChI is InChI=1S/C19H35F5O/c1-2-16-25-17-14-12-10-8-6-4-3-5-7-9-11-13-15-18(20,21)19(22,23)24/h2-17H2,1H3. The molecule has 25 heavy (non-hydrogen) atoms. The van der Waals surface area contributed by atoms with E-state index in [1.807, 2.05) is 0 Å². The second-order valence-corrected chi connectivity index (χ2v) is 6.81. The molecule has 0 spiro atoms. The fourth-order valence-corrected chi connectivity index (χ4v) is 2.71. The van der Waals surface area contributed by atoms with Gasteiger partial charge in [0.15, 0.2) is 0 Å². The summed E-state index contributed by atoms with van der Waals surface area (Å²) in [5.41, 5.74) is 0. The van der Waals surface area contributed by atoms with E-state index in [1.165, 1.54) is 32.1 Å². The molecule has 0 N–H and O–H groups in total. The van der Waals surface area contributed by atoms with Gasteiger partial charge in [-0.25, -0.2) is 0 Å². The molecule has 0 saturated heterocycles. The number of hydrogen-bond acceptors (Lipinski definition) is 1. The monoisotopic (exact) mass is 374 g/mol. The molecule has 0 fully saturated rings. The summed E-state index contributed by atoms with van der Waals surface area (Å²) in [5, 5.41) is 0. The SMILES string of the molecule is CCCOCCCCCCCCCCCCCCC(F)(F)C(F)(F)F. The van der Waals surface area contributed by atoms with Crippen molar-refractivity contribution in [2.45, 2.75) is 109 Å². The second kappa shape index (κ2) is 14.7. The van der Waals surface area contributed by atoms with Crippen molar-refractivity contribution >= 4 is 0 Å². The maximum atomic E-state index is 12.7. The van der Waals surface area contributed by atoms with Crippen LogP contribution in [0.3, 0.4) is 0 Å². The van der Waals surface area contributed by atoms with Crippen molar-refractivity contribution in [1.82, 2.24) is 0 Å². The molecule has 1 nitrogen and oxygen atoms in total. The quantitative estimate of drug-likeness (QED) is 0.187. The number of alkyl halides is 5. The molecule has 0 bridgehead atoms. The Labute approximate surface area is 149 Å². The van der Waals surface area contributed by atoms with Crippen LogP contribution < -0.4 is 0 Å². The molecule has 0 saturated carbocycles. The molecule has 0 aliphatic heterocycles. The molecule has 0 atom stereocenters. The molecule has 0 aliphatic carbocycles. The first-order valence-corrected chi connectivity index (χ1v) is 9.83. The van der Waals surface area contributed by atoms with Crippen molar-refractivity contribution in [3.63, 3.8) is 0 Å². The second-order valence-electron chi connectivity index (χ2n) is 6.81. The number of ether oxygens (including phenoxy) is 1. The first-order chi connectivity index (χ1) is 11.8. The summed E-state index contributed by atoms with van der Waals surface area (Å²) in [6.45, 7) is 3.82. The summed E-state index contributed by atoms with van der Waals surface area (Å²) in [6, 6.07) is 0. The molecule has 0 heterocycles. The summed E-state index contributed by atoms with van der Waals surface area (Å²) in [6.07, 6.45) is 6.02. The van der Waals surface area contributed by atoms with Crippen LogP contribution >= 0.6 is 0 Å². The third kappa shape index (κ3) is 14.5. The third-order valence-electron chi connectivity index (χ3n) is 4.29. The van der Waals surface area contributed by atoms with Gasteiger partial charge in [-0.2, -0.15) is 22.0 Å². The Hall–Kier alpha value is -0.390. The highest BCUT2D eigenvalue weighted by atomic mass is 19.4. The summed E-state index contributed by atoms with van der Waals surface area (Å²) in [4.78, 5) is 0. The molecule has 6 heteroatoms. The van der Waals surface area contributed by atoms with E-state index in [1.54, 1.807) is 0 Å². The lowest BCUT2D eigenvalue weighted by molar-refractivity contribution is -0.284. The van der Waals surface area contributed by atoms with Gasteiger partial charge in [-0.15, -0.1) is 0 Å². The number of unbranched alkanes of at least 4 members (excludes halogenated alkanes) is 11. The average molecular weight is 374 g/mol. The summed E-state index contributed by atoms with van der Waals surface area (Å²) in [5.74, 6) is -4.53. The fraction of sp³-hybridized carbons (Fsp3) is 1.00. The maximum Gasteiger partial charge on any atom is 0.453 e.